The van der Waals surface area contributed by atoms with E-state index in [1.165, 1.54) is 0 Å². The van der Waals surface area contributed by atoms with Crippen LogP contribution in [0.15, 0.2) is 91.0 Å². The van der Waals surface area contributed by atoms with Gasteiger partial charge in [-0.25, -0.2) is 0 Å². The molecule has 3 aromatic rings. The van der Waals surface area contributed by atoms with Gasteiger partial charge in [-0.1, -0.05) is 91.0 Å². The molecule has 0 bridgehead atoms. The monoisotopic (exact) mass is 478 g/mol. The highest BCUT2D eigenvalue weighted by Gasteiger charge is 2.49. The summed E-state index contributed by atoms with van der Waals surface area (Å²) >= 11 is 0. The molecule has 0 aliphatic carbocycles. The molecular weight excluding hydrogens is 444 g/mol. The number of aliphatic hydroxyl groups excluding tert-OH is 1. The molecule has 0 amide bonds. The minimum absolute atomic E-state index is 0.281. The van der Waals surface area contributed by atoms with Crippen LogP contribution >= 0.6 is 0 Å². The Balaban J connectivity index is 1.48. The van der Waals surface area contributed by atoms with Gasteiger partial charge in [0.25, 0.3) is 0 Å². The molecule has 1 N–H and O–H groups in total. The zero-order valence-electron chi connectivity index (χ0n) is 20.1. The zero-order chi connectivity index (χ0) is 24.3. The van der Waals surface area contributed by atoms with Gasteiger partial charge in [-0.3, -0.25) is 0 Å². The zero-order valence-corrected chi connectivity index (χ0v) is 20.1. The third-order valence-corrected chi connectivity index (χ3v) is 5.91. The first-order valence-electron chi connectivity index (χ1n) is 12.1. The van der Waals surface area contributed by atoms with Crippen LogP contribution < -0.4 is 0 Å². The number of hydrogen-bond donors (Lipinski definition) is 1. The van der Waals surface area contributed by atoms with E-state index in [2.05, 4.69) is 0 Å². The first kappa shape index (κ1) is 25.5. The maximum Gasteiger partial charge on any atom is 0.186 e. The van der Waals surface area contributed by atoms with Gasteiger partial charge in [0, 0.05) is 6.61 Å². The molecule has 1 aliphatic rings. The van der Waals surface area contributed by atoms with Crippen LogP contribution in [0, 0.1) is 0 Å². The molecule has 3 aromatic carbocycles. The van der Waals surface area contributed by atoms with Gasteiger partial charge in [-0.05, 0) is 23.6 Å². The standard InChI is InChI=1S/C29H34O6/c1-2-32-29-26(30)28(34-20-24-16-10-5-11-17-24)27(35-29)25(33-19-23-14-8-4-9-15-23)21-31-18-22-12-6-3-7-13-22/h3-17,25-30H,2,18-21H2,1H3/t25-,26-,27+,28+,29+/m0/s1. The lowest BCUT2D eigenvalue weighted by Gasteiger charge is -2.28. The van der Waals surface area contributed by atoms with E-state index in [0.29, 0.717) is 26.4 Å². The second-order valence-electron chi connectivity index (χ2n) is 8.51. The van der Waals surface area contributed by atoms with E-state index in [0.717, 1.165) is 16.7 Å². The summed E-state index contributed by atoms with van der Waals surface area (Å²) in [5.41, 5.74) is 3.13. The summed E-state index contributed by atoms with van der Waals surface area (Å²) < 4.78 is 30.4. The molecule has 0 unspecified atom stereocenters. The molecule has 6 heteroatoms. The molecule has 0 saturated carbocycles. The Morgan fingerprint density at radius 1 is 0.743 bits per heavy atom. The SMILES string of the molecule is CCO[C@@H]1O[C@H]([C@H](COCc2ccccc2)OCc2ccccc2)[C@H](OCc2ccccc2)[C@@H]1O. The van der Waals surface area contributed by atoms with Gasteiger partial charge in [0.2, 0.25) is 0 Å². The van der Waals surface area contributed by atoms with Crippen molar-refractivity contribution >= 4 is 0 Å². The summed E-state index contributed by atoms with van der Waals surface area (Å²) in [6.45, 7) is 3.75. The molecule has 6 nitrogen and oxygen atoms in total. The Bertz CT molecular complexity index is 968. The highest BCUT2D eigenvalue weighted by molar-refractivity contribution is 5.15. The lowest BCUT2D eigenvalue weighted by Crippen LogP contribution is -2.44. The van der Waals surface area contributed by atoms with Crippen molar-refractivity contribution in [1.29, 1.82) is 0 Å². The van der Waals surface area contributed by atoms with E-state index < -0.39 is 30.7 Å². The van der Waals surface area contributed by atoms with Gasteiger partial charge in [-0.15, -0.1) is 0 Å². The molecule has 0 aromatic heterocycles. The second kappa shape index (κ2) is 13.5. The maximum absolute atomic E-state index is 11.0. The predicted molar refractivity (Wildman–Crippen MR) is 132 cm³/mol. The first-order valence-corrected chi connectivity index (χ1v) is 12.1. The van der Waals surface area contributed by atoms with Crippen molar-refractivity contribution in [3.8, 4) is 0 Å². The average Bonchev–Trinajstić information content (AvgIpc) is 3.21. The summed E-state index contributed by atoms with van der Waals surface area (Å²) in [4.78, 5) is 0. The molecule has 0 spiro atoms. The summed E-state index contributed by atoms with van der Waals surface area (Å²) in [5, 5.41) is 11.0. The second-order valence-corrected chi connectivity index (χ2v) is 8.51. The average molecular weight is 479 g/mol. The van der Waals surface area contributed by atoms with Gasteiger partial charge >= 0.3 is 0 Å². The van der Waals surface area contributed by atoms with Crippen LogP contribution in [0.2, 0.25) is 0 Å². The van der Waals surface area contributed by atoms with Crippen molar-refractivity contribution in [2.75, 3.05) is 13.2 Å². The summed E-state index contributed by atoms with van der Waals surface area (Å²) in [6.07, 6.45) is -3.40. The third kappa shape index (κ3) is 7.45. The van der Waals surface area contributed by atoms with E-state index in [9.17, 15) is 5.11 Å². The topological polar surface area (TPSA) is 66.4 Å². The van der Waals surface area contributed by atoms with Crippen molar-refractivity contribution in [3.63, 3.8) is 0 Å². The molecular formula is C29H34O6. The fraction of sp³-hybridized carbons (Fsp3) is 0.379. The highest BCUT2D eigenvalue weighted by Crippen LogP contribution is 2.30. The van der Waals surface area contributed by atoms with Gasteiger partial charge in [0.15, 0.2) is 6.29 Å². The summed E-state index contributed by atoms with van der Waals surface area (Å²) in [7, 11) is 0. The van der Waals surface area contributed by atoms with Crippen molar-refractivity contribution in [3.05, 3.63) is 108 Å². The van der Waals surface area contributed by atoms with Crippen LogP contribution in [-0.2, 0) is 43.5 Å². The summed E-state index contributed by atoms with van der Waals surface area (Å²) in [6, 6.07) is 29.8. The van der Waals surface area contributed by atoms with Crippen LogP contribution in [0.5, 0.6) is 0 Å². The summed E-state index contributed by atoms with van der Waals surface area (Å²) in [5.74, 6) is 0. The maximum atomic E-state index is 11.0. The number of rotatable bonds is 13. The van der Waals surface area contributed by atoms with Crippen LogP contribution in [0.4, 0.5) is 0 Å². The number of benzene rings is 3. The van der Waals surface area contributed by atoms with Crippen molar-refractivity contribution in [1.82, 2.24) is 0 Å². The Kier molecular flexibility index (Phi) is 9.84. The van der Waals surface area contributed by atoms with E-state index in [1.807, 2.05) is 97.9 Å². The molecule has 35 heavy (non-hydrogen) atoms. The Labute approximate surface area is 207 Å². The number of aliphatic hydroxyl groups is 1. The van der Waals surface area contributed by atoms with Gasteiger partial charge in [-0.2, -0.15) is 0 Å². The molecule has 1 saturated heterocycles. The lowest BCUT2D eigenvalue weighted by atomic mass is 10.1. The predicted octanol–water partition coefficient (Wildman–Crippen LogP) is 4.50. The van der Waals surface area contributed by atoms with E-state index >= 15 is 0 Å². The van der Waals surface area contributed by atoms with Gasteiger partial charge < -0.3 is 28.8 Å². The van der Waals surface area contributed by atoms with Gasteiger partial charge in [0.1, 0.15) is 24.4 Å². The number of hydrogen-bond acceptors (Lipinski definition) is 6. The Hall–Kier alpha value is -2.58. The third-order valence-electron chi connectivity index (χ3n) is 5.91. The van der Waals surface area contributed by atoms with E-state index in [4.69, 9.17) is 23.7 Å². The molecule has 4 rings (SSSR count). The van der Waals surface area contributed by atoms with E-state index in [-0.39, 0.29) is 6.61 Å². The van der Waals surface area contributed by atoms with Crippen molar-refractivity contribution < 1.29 is 28.8 Å². The minimum atomic E-state index is -0.944. The minimum Gasteiger partial charge on any atom is -0.385 e. The molecule has 186 valence electrons. The highest BCUT2D eigenvalue weighted by atomic mass is 16.7. The fourth-order valence-corrected chi connectivity index (χ4v) is 4.11. The molecule has 1 aliphatic heterocycles. The van der Waals surface area contributed by atoms with Crippen LogP contribution in [0.3, 0.4) is 0 Å². The Morgan fingerprint density at radius 2 is 1.29 bits per heavy atom. The number of ether oxygens (including phenoxy) is 5. The Morgan fingerprint density at radius 3 is 1.86 bits per heavy atom. The molecule has 1 heterocycles. The van der Waals surface area contributed by atoms with Crippen LogP contribution in [0.1, 0.15) is 23.6 Å². The molecule has 1 fully saturated rings. The molecule has 5 atom stereocenters. The lowest BCUT2D eigenvalue weighted by molar-refractivity contribution is -0.189. The van der Waals surface area contributed by atoms with Crippen LogP contribution in [-0.4, -0.2) is 49.0 Å². The first-order chi connectivity index (χ1) is 17.2. The molecule has 0 radical (unpaired) electrons. The smallest absolute Gasteiger partial charge is 0.186 e. The van der Waals surface area contributed by atoms with E-state index in [1.54, 1.807) is 0 Å². The normalized spacial score (nSPS) is 22.8. The fourth-order valence-electron chi connectivity index (χ4n) is 4.11. The van der Waals surface area contributed by atoms with Crippen molar-refractivity contribution in [2.45, 2.75) is 57.5 Å². The van der Waals surface area contributed by atoms with Crippen LogP contribution in [0.25, 0.3) is 0 Å². The largest absolute Gasteiger partial charge is 0.385 e. The van der Waals surface area contributed by atoms with Gasteiger partial charge in [0.05, 0.1) is 26.4 Å². The quantitative estimate of drug-likeness (QED) is 0.390. The van der Waals surface area contributed by atoms with Crippen molar-refractivity contribution in [2.24, 2.45) is 0 Å².